The number of rotatable bonds is 9. The molecule has 0 aliphatic rings. The van der Waals surface area contributed by atoms with Crippen LogP contribution in [0.25, 0.3) is 33.4 Å². The fourth-order valence-electron chi connectivity index (χ4n) is 5.09. The topological polar surface area (TPSA) is 61.1 Å². The minimum absolute atomic E-state index is 0.561. The lowest BCUT2D eigenvalue weighted by atomic mass is 9.86. The van der Waals surface area contributed by atoms with Crippen LogP contribution in [0.15, 0.2) is 127 Å². The molecule has 0 bridgehead atoms. The molecule has 1 unspecified atom stereocenters. The molecule has 5 aromatic carbocycles. The van der Waals surface area contributed by atoms with E-state index in [0.29, 0.717) is 12.0 Å². The van der Waals surface area contributed by atoms with Crippen LogP contribution in [0.3, 0.4) is 0 Å². The van der Waals surface area contributed by atoms with Gasteiger partial charge in [0.1, 0.15) is 0 Å². The van der Waals surface area contributed by atoms with Crippen molar-refractivity contribution in [3.05, 3.63) is 144 Å². The first kappa shape index (κ1) is 25.7. The molecule has 0 radical (unpaired) electrons. The Kier molecular flexibility index (Phi) is 7.95. The molecule has 5 rings (SSSR count). The summed E-state index contributed by atoms with van der Waals surface area (Å²) in [6.45, 7) is 0. The van der Waals surface area contributed by atoms with E-state index in [1.165, 1.54) is 16.7 Å². The minimum Gasteiger partial charge on any atom is -0.481 e. The fraction of sp³-hybridized carbons (Fsp3) is 0.111. The maximum absolute atomic E-state index is 12.4. The number of benzene rings is 5. The van der Waals surface area contributed by atoms with Gasteiger partial charge in [0, 0.05) is 0 Å². The monoisotopic (exact) mass is 507 g/mol. The van der Waals surface area contributed by atoms with Gasteiger partial charge in [0.25, 0.3) is 0 Å². The third-order valence-corrected chi connectivity index (χ3v) is 7.17. The average molecular weight is 508 g/mol. The highest BCUT2D eigenvalue weighted by atomic mass is 16.4. The molecule has 0 fully saturated rings. The molecular formula is C36H29NO2. The maximum Gasteiger partial charge on any atom is 0.310 e. The predicted molar refractivity (Wildman–Crippen MR) is 157 cm³/mol. The van der Waals surface area contributed by atoms with Gasteiger partial charge in [-0.1, -0.05) is 115 Å². The molecule has 0 aliphatic carbocycles. The van der Waals surface area contributed by atoms with Crippen LogP contribution in [0, 0.1) is 11.3 Å². The zero-order valence-electron chi connectivity index (χ0n) is 21.6. The van der Waals surface area contributed by atoms with E-state index in [-0.39, 0.29) is 0 Å². The molecule has 1 atom stereocenters. The van der Waals surface area contributed by atoms with E-state index in [0.717, 1.165) is 40.7 Å². The largest absolute Gasteiger partial charge is 0.481 e. The predicted octanol–water partition coefficient (Wildman–Crippen LogP) is 8.75. The number of hydrogen-bond donors (Lipinski definition) is 1. The van der Waals surface area contributed by atoms with Crippen molar-refractivity contribution in [2.45, 2.75) is 25.2 Å². The van der Waals surface area contributed by atoms with Gasteiger partial charge < -0.3 is 5.11 Å². The highest BCUT2D eigenvalue weighted by Gasteiger charge is 2.22. The van der Waals surface area contributed by atoms with Crippen LogP contribution in [0.2, 0.25) is 0 Å². The Hall–Kier alpha value is -4.94. The van der Waals surface area contributed by atoms with E-state index in [9.17, 15) is 15.2 Å². The van der Waals surface area contributed by atoms with Gasteiger partial charge in [-0.15, -0.1) is 0 Å². The first-order chi connectivity index (χ1) is 19.1. The quantitative estimate of drug-likeness (QED) is 0.217. The zero-order valence-corrected chi connectivity index (χ0v) is 21.6. The summed E-state index contributed by atoms with van der Waals surface area (Å²) in [5, 5.41) is 19.4. The molecule has 0 aromatic heterocycles. The number of nitriles is 1. The molecule has 0 spiro atoms. The second-order valence-electron chi connectivity index (χ2n) is 9.70. The second kappa shape index (κ2) is 12.1. The lowest BCUT2D eigenvalue weighted by Crippen LogP contribution is -2.13. The number of hydrogen-bond acceptors (Lipinski definition) is 2. The van der Waals surface area contributed by atoms with Crippen LogP contribution in [-0.2, 0) is 11.2 Å². The first-order valence-electron chi connectivity index (χ1n) is 13.2. The number of aliphatic carboxylic acids is 1. The number of nitrogens with zero attached hydrogens (tertiary/aromatic N) is 1. The second-order valence-corrected chi connectivity index (χ2v) is 9.70. The Balaban J connectivity index is 1.30. The molecule has 3 nitrogen and oxygen atoms in total. The van der Waals surface area contributed by atoms with E-state index >= 15 is 0 Å². The Morgan fingerprint density at radius 3 is 1.97 bits per heavy atom. The van der Waals surface area contributed by atoms with Gasteiger partial charge in [-0.2, -0.15) is 5.26 Å². The van der Waals surface area contributed by atoms with Crippen LogP contribution in [0.1, 0.15) is 35.4 Å². The maximum atomic E-state index is 12.4. The Labute approximate surface area is 229 Å². The molecule has 0 saturated heterocycles. The minimum atomic E-state index is -0.799. The molecule has 39 heavy (non-hydrogen) atoms. The van der Waals surface area contributed by atoms with Gasteiger partial charge >= 0.3 is 5.97 Å². The van der Waals surface area contributed by atoms with E-state index in [2.05, 4.69) is 42.5 Å². The SMILES string of the molecule is N#Cc1cccc(-c2ccc(-c3ccccc3C(CCCc3ccc(-c4ccccc4)cc3)C(=O)O)cc2)c1. The van der Waals surface area contributed by atoms with Crippen molar-refractivity contribution in [1.29, 1.82) is 5.26 Å². The summed E-state index contributed by atoms with van der Waals surface area (Å²) in [7, 11) is 0. The summed E-state index contributed by atoms with van der Waals surface area (Å²) in [6.07, 6.45) is 2.17. The first-order valence-corrected chi connectivity index (χ1v) is 13.2. The molecule has 0 aliphatic heterocycles. The van der Waals surface area contributed by atoms with E-state index in [4.69, 9.17) is 0 Å². The molecule has 0 amide bonds. The van der Waals surface area contributed by atoms with Crippen molar-refractivity contribution >= 4 is 5.97 Å². The molecule has 1 N–H and O–H groups in total. The van der Waals surface area contributed by atoms with Crippen LogP contribution < -0.4 is 0 Å². The summed E-state index contributed by atoms with van der Waals surface area (Å²) in [4.78, 5) is 12.4. The van der Waals surface area contributed by atoms with Gasteiger partial charge in [0.2, 0.25) is 0 Å². The van der Waals surface area contributed by atoms with Gasteiger partial charge in [0.15, 0.2) is 0 Å². The summed E-state index contributed by atoms with van der Waals surface area (Å²) in [6, 6.07) is 44.5. The van der Waals surface area contributed by atoms with Gasteiger partial charge in [-0.05, 0) is 75.9 Å². The van der Waals surface area contributed by atoms with Crippen LogP contribution in [-0.4, -0.2) is 11.1 Å². The summed E-state index contributed by atoms with van der Waals surface area (Å²) >= 11 is 0. The van der Waals surface area contributed by atoms with Crippen molar-refractivity contribution in [3.8, 4) is 39.4 Å². The lowest BCUT2D eigenvalue weighted by molar-refractivity contribution is -0.139. The van der Waals surface area contributed by atoms with E-state index < -0.39 is 11.9 Å². The van der Waals surface area contributed by atoms with E-state index in [1.807, 2.05) is 84.9 Å². The standard InChI is InChI=1S/C36H29NO2/c37-25-27-9-6-12-32(24-27)30-20-22-31(23-21-30)33-13-4-5-14-34(33)35(36(38)39)15-7-8-26-16-18-29(19-17-26)28-10-2-1-3-11-28/h1-6,9-14,16-24,35H,7-8,15H2,(H,38,39). The number of carboxylic acid groups (broad SMARTS) is 1. The van der Waals surface area contributed by atoms with Crippen LogP contribution in [0.5, 0.6) is 0 Å². The number of carbonyl (C=O) groups is 1. The molecule has 5 aromatic rings. The van der Waals surface area contributed by atoms with Gasteiger partial charge in [-0.25, -0.2) is 0 Å². The number of aryl methyl sites for hydroxylation is 1. The summed E-state index contributed by atoms with van der Waals surface area (Å²) < 4.78 is 0. The summed E-state index contributed by atoms with van der Waals surface area (Å²) in [5.74, 6) is -1.39. The summed E-state index contributed by atoms with van der Waals surface area (Å²) in [5.41, 5.74) is 8.96. The van der Waals surface area contributed by atoms with E-state index in [1.54, 1.807) is 6.07 Å². The molecule has 190 valence electrons. The highest BCUT2D eigenvalue weighted by molar-refractivity contribution is 5.82. The third-order valence-electron chi connectivity index (χ3n) is 7.17. The Bertz CT molecular complexity index is 1600. The van der Waals surface area contributed by atoms with Crippen LogP contribution >= 0.6 is 0 Å². The Morgan fingerprint density at radius 2 is 1.26 bits per heavy atom. The Morgan fingerprint density at radius 1 is 0.667 bits per heavy atom. The average Bonchev–Trinajstić information content (AvgIpc) is 3.00. The molecule has 0 saturated carbocycles. The molecule has 3 heteroatoms. The van der Waals surface area contributed by atoms with Crippen LogP contribution in [0.4, 0.5) is 0 Å². The smallest absolute Gasteiger partial charge is 0.310 e. The van der Waals surface area contributed by atoms with Crippen molar-refractivity contribution in [3.63, 3.8) is 0 Å². The lowest BCUT2D eigenvalue weighted by Gasteiger charge is -2.18. The van der Waals surface area contributed by atoms with Gasteiger partial charge in [0.05, 0.1) is 17.6 Å². The van der Waals surface area contributed by atoms with Crippen molar-refractivity contribution < 1.29 is 9.90 Å². The van der Waals surface area contributed by atoms with Crippen molar-refractivity contribution in [2.75, 3.05) is 0 Å². The zero-order chi connectivity index (χ0) is 27.0. The normalized spacial score (nSPS) is 11.5. The van der Waals surface area contributed by atoms with Crippen molar-refractivity contribution in [2.24, 2.45) is 0 Å². The van der Waals surface area contributed by atoms with Gasteiger partial charge in [-0.3, -0.25) is 4.79 Å². The molecular weight excluding hydrogens is 478 g/mol. The number of carboxylic acids is 1. The third kappa shape index (κ3) is 6.14. The van der Waals surface area contributed by atoms with Crippen molar-refractivity contribution in [1.82, 2.24) is 0 Å². The fourth-order valence-corrected chi connectivity index (χ4v) is 5.09. The molecule has 0 heterocycles. The highest BCUT2D eigenvalue weighted by Crippen LogP contribution is 2.34.